The molecule has 1 N–H and O–H groups in total. The van der Waals surface area contributed by atoms with Crippen LogP contribution in [0.25, 0.3) is 0 Å². The maximum Gasteiger partial charge on any atom is 0.335 e. The van der Waals surface area contributed by atoms with E-state index in [0.717, 1.165) is 12.0 Å². The highest BCUT2D eigenvalue weighted by Crippen LogP contribution is 2.21. The van der Waals surface area contributed by atoms with E-state index in [9.17, 15) is 4.79 Å². The van der Waals surface area contributed by atoms with Crippen LogP contribution >= 0.6 is 11.3 Å². The Kier molecular flexibility index (Phi) is 5.15. The minimum atomic E-state index is -0.951. The third kappa shape index (κ3) is 3.82. The van der Waals surface area contributed by atoms with Gasteiger partial charge in [-0.2, -0.15) is 0 Å². The van der Waals surface area contributed by atoms with Crippen molar-refractivity contribution in [2.24, 2.45) is 0 Å². The number of hydrogen-bond donors (Lipinski definition) is 1. The summed E-state index contributed by atoms with van der Waals surface area (Å²) in [5.41, 5.74) is 0.987. The zero-order valence-corrected chi connectivity index (χ0v) is 12.0. The molecule has 0 fully saturated rings. The van der Waals surface area contributed by atoms with Crippen LogP contribution in [0.2, 0.25) is 0 Å². The van der Waals surface area contributed by atoms with E-state index in [1.807, 2.05) is 11.4 Å². The molecule has 0 atom stereocenters. The molecule has 4 nitrogen and oxygen atoms in total. The van der Waals surface area contributed by atoms with E-state index in [4.69, 9.17) is 14.6 Å². The van der Waals surface area contributed by atoms with Crippen LogP contribution in [0.4, 0.5) is 0 Å². The first-order chi connectivity index (χ1) is 9.70. The molecule has 106 valence electrons. The molecule has 1 heterocycles. The Morgan fingerprint density at radius 1 is 1.35 bits per heavy atom. The van der Waals surface area contributed by atoms with Gasteiger partial charge in [-0.15, -0.1) is 11.3 Å². The van der Waals surface area contributed by atoms with E-state index in [1.165, 1.54) is 10.9 Å². The molecule has 1 aromatic carbocycles. The van der Waals surface area contributed by atoms with Gasteiger partial charge in [0.1, 0.15) is 5.75 Å². The van der Waals surface area contributed by atoms with Crippen LogP contribution in [0.15, 0.2) is 35.7 Å². The van der Waals surface area contributed by atoms with Crippen molar-refractivity contribution in [3.8, 4) is 5.75 Å². The van der Waals surface area contributed by atoms with Crippen LogP contribution in [0, 0.1) is 0 Å². The molecule has 0 spiro atoms. The molecule has 0 unspecified atom stereocenters. The first-order valence-electron chi connectivity index (χ1n) is 6.21. The zero-order chi connectivity index (χ0) is 14.4. The van der Waals surface area contributed by atoms with Crippen molar-refractivity contribution in [2.75, 3.05) is 13.7 Å². The summed E-state index contributed by atoms with van der Waals surface area (Å²) < 4.78 is 10.8. The summed E-state index contributed by atoms with van der Waals surface area (Å²) in [4.78, 5) is 12.2. The number of benzene rings is 1. The van der Waals surface area contributed by atoms with Gasteiger partial charge in [0.2, 0.25) is 0 Å². The highest BCUT2D eigenvalue weighted by molar-refractivity contribution is 7.09. The molecule has 5 heteroatoms. The lowest BCUT2D eigenvalue weighted by Crippen LogP contribution is -2.03. The molecule has 20 heavy (non-hydrogen) atoms. The smallest absolute Gasteiger partial charge is 0.335 e. The topological polar surface area (TPSA) is 55.8 Å². The van der Waals surface area contributed by atoms with Crippen molar-refractivity contribution in [3.63, 3.8) is 0 Å². The second-order valence-corrected chi connectivity index (χ2v) is 5.25. The third-order valence-corrected chi connectivity index (χ3v) is 3.79. The van der Waals surface area contributed by atoms with Gasteiger partial charge in [0.15, 0.2) is 0 Å². The lowest BCUT2D eigenvalue weighted by Gasteiger charge is -2.10. The average molecular weight is 292 g/mol. The summed E-state index contributed by atoms with van der Waals surface area (Å²) in [7, 11) is 1.56. The molecule has 0 bridgehead atoms. The maximum absolute atomic E-state index is 11.0. The second-order valence-electron chi connectivity index (χ2n) is 4.21. The van der Waals surface area contributed by atoms with Crippen molar-refractivity contribution >= 4 is 17.3 Å². The molecule has 0 radical (unpaired) electrons. The van der Waals surface area contributed by atoms with Gasteiger partial charge < -0.3 is 14.6 Å². The molecule has 2 rings (SSSR count). The van der Waals surface area contributed by atoms with Gasteiger partial charge in [0.05, 0.1) is 25.9 Å². The normalized spacial score (nSPS) is 10.4. The Balaban J connectivity index is 1.93. The molecule has 0 saturated carbocycles. The average Bonchev–Trinajstić information content (AvgIpc) is 2.96. The van der Waals surface area contributed by atoms with Crippen LogP contribution in [0.3, 0.4) is 0 Å². The molecular weight excluding hydrogens is 276 g/mol. The number of aromatic carboxylic acids is 1. The number of thiophene rings is 1. The Morgan fingerprint density at radius 2 is 2.20 bits per heavy atom. The quantitative estimate of drug-likeness (QED) is 0.796. The Bertz CT molecular complexity index is 563. The van der Waals surface area contributed by atoms with E-state index in [-0.39, 0.29) is 5.56 Å². The monoisotopic (exact) mass is 292 g/mol. The molecule has 0 aliphatic carbocycles. The molecule has 0 saturated heterocycles. The van der Waals surface area contributed by atoms with Crippen LogP contribution in [0.1, 0.15) is 20.8 Å². The highest BCUT2D eigenvalue weighted by Gasteiger charge is 2.09. The SMILES string of the molecule is COc1ccc(C(=O)O)cc1COCCc1cccs1. The largest absolute Gasteiger partial charge is 0.496 e. The van der Waals surface area contributed by atoms with E-state index in [0.29, 0.717) is 19.0 Å². The second kappa shape index (κ2) is 7.07. The summed E-state index contributed by atoms with van der Waals surface area (Å²) in [6, 6.07) is 8.85. The number of methoxy groups -OCH3 is 1. The minimum Gasteiger partial charge on any atom is -0.496 e. The standard InChI is InChI=1S/C15H16O4S/c1-18-14-5-4-11(15(16)17)9-12(14)10-19-7-6-13-3-2-8-20-13/h2-5,8-9H,6-7,10H2,1H3,(H,16,17). The lowest BCUT2D eigenvalue weighted by molar-refractivity contribution is 0.0696. The molecule has 0 amide bonds. The van der Waals surface area contributed by atoms with E-state index in [1.54, 1.807) is 30.6 Å². The van der Waals surface area contributed by atoms with Crippen LogP contribution < -0.4 is 4.74 Å². The first-order valence-corrected chi connectivity index (χ1v) is 7.09. The fraction of sp³-hybridized carbons (Fsp3) is 0.267. The number of carbonyl (C=O) groups is 1. The van der Waals surface area contributed by atoms with E-state index >= 15 is 0 Å². The molecule has 2 aromatic rings. The molecule has 0 aliphatic rings. The van der Waals surface area contributed by atoms with Gasteiger partial charge in [0.25, 0.3) is 0 Å². The van der Waals surface area contributed by atoms with Gasteiger partial charge in [-0.1, -0.05) is 6.07 Å². The van der Waals surface area contributed by atoms with Crippen LogP contribution in [0.5, 0.6) is 5.75 Å². The van der Waals surface area contributed by atoms with Gasteiger partial charge in [-0.3, -0.25) is 0 Å². The Hall–Kier alpha value is -1.85. The highest BCUT2D eigenvalue weighted by atomic mass is 32.1. The zero-order valence-electron chi connectivity index (χ0n) is 11.2. The van der Waals surface area contributed by atoms with Crippen molar-refractivity contribution in [2.45, 2.75) is 13.0 Å². The summed E-state index contributed by atoms with van der Waals surface area (Å²) in [6.07, 6.45) is 0.860. The minimum absolute atomic E-state index is 0.239. The number of carboxylic acids is 1. The molecule has 1 aromatic heterocycles. The van der Waals surface area contributed by atoms with Gasteiger partial charge >= 0.3 is 5.97 Å². The van der Waals surface area contributed by atoms with Crippen molar-refractivity contribution < 1.29 is 19.4 Å². The predicted octanol–water partition coefficient (Wildman–Crippen LogP) is 3.21. The number of rotatable bonds is 7. The number of carboxylic acid groups (broad SMARTS) is 1. The number of hydrogen-bond acceptors (Lipinski definition) is 4. The fourth-order valence-electron chi connectivity index (χ4n) is 1.83. The van der Waals surface area contributed by atoms with Crippen LogP contribution in [-0.2, 0) is 17.8 Å². The van der Waals surface area contributed by atoms with Crippen molar-refractivity contribution in [3.05, 3.63) is 51.7 Å². The predicted molar refractivity (Wildman–Crippen MR) is 77.6 cm³/mol. The fourth-order valence-corrected chi connectivity index (χ4v) is 2.52. The van der Waals surface area contributed by atoms with Crippen molar-refractivity contribution in [1.82, 2.24) is 0 Å². The Labute approximate surface area is 121 Å². The van der Waals surface area contributed by atoms with E-state index in [2.05, 4.69) is 6.07 Å². The Morgan fingerprint density at radius 3 is 2.85 bits per heavy atom. The number of ether oxygens (including phenoxy) is 2. The van der Waals surface area contributed by atoms with Gasteiger partial charge in [-0.25, -0.2) is 4.79 Å². The summed E-state index contributed by atoms with van der Waals surface area (Å²) in [5.74, 6) is -0.307. The van der Waals surface area contributed by atoms with Gasteiger partial charge in [-0.05, 0) is 29.6 Å². The molecular formula is C15H16O4S. The van der Waals surface area contributed by atoms with Gasteiger partial charge in [0, 0.05) is 16.9 Å². The summed E-state index contributed by atoms with van der Waals surface area (Å²) in [6.45, 7) is 0.941. The summed E-state index contributed by atoms with van der Waals surface area (Å²) >= 11 is 1.70. The van der Waals surface area contributed by atoms with Crippen LogP contribution in [-0.4, -0.2) is 24.8 Å². The van der Waals surface area contributed by atoms with Crippen molar-refractivity contribution in [1.29, 1.82) is 0 Å². The summed E-state index contributed by atoms with van der Waals surface area (Å²) in [5, 5.41) is 11.0. The maximum atomic E-state index is 11.0. The first kappa shape index (κ1) is 14.6. The lowest BCUT2D eigenvalue weighted by atomic mass is 10.1. The van der Waals surface area contributed by atoms with E-state index < -0.39 is 5.97 Å². The third-order valence-electron chi connectivity index (χ3n) is 2.86. The molecule has 0 aliphatic heterocycles.